The van der Waals surface area contributed by atoms with E-state index in [1.54, 1.807) is 0 Å². The van der Waals surface area contributed by atoms with Crippen molar-refractivity contribution in [1.29, 1.82) is 0 Å². The monoisotopic (exact) mass is 546 g/mol. The van der Waals surface area contributed by atoms with Gasteiger partial charge in [0.15, 0.2) is 0 Å². The quantitative estimate of drug-likeness (QED) is 0.0658. The van der Waals surface area contributed by atoms with Crippen LogP contribution in [0.1, 0.15) is 96.8 Å². The molecule has 0 radical (unpaired) electrons. The molecular weight excluding hydrogens is 488 g/mol. The SMILES string of the molecule is CCCCCCCCC=CCCCCCCCC(=O)OCCOCCOCCOCCOCCOCCO. The number of esters is 1. The van der Waals surface area contributed by atoms with Gasteiger partial charge in [0.1, 0.15) is 6.61 Å². The van der Waals surface area contributed by atoms with Gasteiger partial charge in [-0.3, -0.25) is 4.79 Å². The summed E-state index contributed by atoms with van der Waals surface area (Å²) in [6, 6.07) is 0. The van der Waals surface area contributed by atoms with Crippen LogP contribution in [0.5, 0.6) is 0 Å². The predicted octanol–water partition coefficient (Wildman–Crippen LogP) is 5.64. The highest BCUT2D eigenvalue weighted by Gasteiger charge is 2.02. The normalized spacial score (nSPS) is 11.5. The number of allylic oxidation sites excluding steroid dienone is 2. The smallest absolute Gasteiger partial charge is 0.305 e. The van der Waals surface area contributed by atoms with Gasteiger partial charge >= 0.3 is 5.97 Å². The van der Waals surface area contributed by atoms with E-state index < -0.39 is 0 Å². The summed E-state index contributed by atoms with van der Waals surface area (Å²) in [5.74, 6) is -0.138. The minimum Gasteiger partial charge on any atom is -0.463 e. The number of rotatable bonds is 32. The Balaban J connectivity index is 3.18. The van der Waals surface area contributed by atoms with E-state index in [2.05, 4.69) is 19.1 Å². The fraction of sp³-hybridized carbons (Fsp3) is 0.900. The van der Waals surface area contributed by atoms with Gasteiger partial charge in [-0.15, -0.1) is 0 Å². The Hall–Kier alpha value is -1.03. The summed E-state index contributed by atoms with van der Waals surface area (Å²) in [6.45, 7) is 7.20. The number of hydrogen-bond donors (Lipinski definition) is 1. The molecule has 0 fully saturated rings. The summed E-state index contributed by atoms with van der Waals surface area (Å²) in [7, 11) is 0. The van der Waals surface area contributed by atoms with Crippen molar-refractivity contribution in [3.05, 3.63) is 12.2 Å². The minimum atomic E-state index is -0.138. The molecule has 0 aliphatic rings. The molecule has 0 aromatic carbocycles. The molecule has 1 N–H and O–H groups in total. The zero-order valence-corrected chi connectivity index (χ0v) is 24.3. The maximum Gasteiger partial charge on any atom is 0.305 e. The van der Waals surface area contributed by atoms with Crippen molar-refractivity contribution in [3.63, 3.8) is 0 Å². The number of carbonyl (C=O) groups is 1. The summed E-state index contributed by atoms with van der Waals surface area (Å²) >= 11 is 0. The summed E-state index contributed by atoms with van der Waals surface area (Å²) < 4.78 is 31.8. The van der Waals surface area contributed by atoms with Crippen molar-refractivity contribution >= 4 is 5.97 Å². The average molecular weight is 547 g/mol. The molecule has 0 aromatic rings. The third-order valence-electron chi connectivity index (χ3n) is 5.86. The van der Waals surface area contributed by atoms with Crippen LogP contribution in [0.2, 0.25) is 0 Å². The zero-order valence-electron chi connectivity index (χ0n) is 24.3. The molecular formula is C30H58O8. The topological polar surface area (TPSA) is 92.7 Å². The van der Waals surface area contributed by atoms with Crippen LogP contribution < -0.4 is 0 Å². The largest absolute Gasteiger partial charge is 0.463 e. The molecule has 0 rings (SSSR count). The summed E-state index contributed by atoms with van der Waals surface area (Å²) in [5, 5.41) is 8.57. The zero-order chi connectivity index (χ0) is 27.6. The molecule has 226 valence electrons. The van der Waals surface area contributed by atoms with Gasteiger partial charge in [-0.05, 0) is 32.1 Å². The molecule has 0 spiro atoms. The lowest BCUT2D eigenvalue weighted by Crippen LogP contribution is -2.15. The van der Waals surface area contributed by atoms with Gasteiger partial charge < -0.3 is 33.5 Å². The van der Waals surface area contributed by atoms with Crippen LogP contribution in [0.4, 0.5) is 0 Å². The van der Waals surface area contributed by atoms with Crippen molar-refractivity contribution in [2.75, 3.05) is 79.3 Å². The van der Waals surface area contributed by atoms with E-state index >= 15 is 0 Å². The van der Waals surface area contributed by atoms with E-state index in [0.717, 1.165) is 12.8 Å². The highest BCUT2D eigenvalue weighted by atomic mass is 16.6. The highest BCUT2D eigenvalue weighted by molar-refractivity contribution is 5.69. The molecule has 38 heavy (non-hydrogen) atoms. The lowest BCUT2D eigenvalue weighted by Gasteiger charge is -2.08. The molecule has 8 heteroatoms. The first-order chi connectivity index (χ1) is 18.8. The Labute approximate surface area is 232 Å². The Kier molecular flexibility index (Phi) is 33.1. The van der Waals surface area contributed by atoms with Gasteiger partial charge in [-0.25, -0.2) is 0 Å². The van der Waals surface area contributed by atoms with Crippen LogP contribution in [0.25, 0.3) is 0 Å². The standard InChI is InChI=1S/C30H58O8/c1-2-3-4-5-6-7-8-9-10-11-12-13-14-15-16-17-30(32)38-29-28-37-27-26-36-25-24-35-23-22-34-21-20-33-19-18-31/h9-10,31H,2-8,11-29H2,1H3. The first-order valence-electron chi connectivity index (χ1n) is 15.1. The van der Waals surface area contributed by atoms with Crippen LogP contribution in [-0.4, -0.2) is 90.4 Å². The Morgan fingerprint density at radius 2 is 0.921 bits per heavy atom. The fourth-order valence-corrected chi connectivity index (χ4v) is 3.67. The van der Waals surface area contributed by atoms with Gasteiger partial charge in [0.05, 0.1) is 72.7 Å². The number of hydrogen-bond acceptors (Lipinski definition) is 8. The molecule has 0 aliphatic heterocycles. The van der Waals surface area contributed by atoms with Crippen molar-refractivity contribution in [2.24, 2.45) is 0 Å². The molecule has 0 bridgehead atoms. The Morgan fingerprint density at radius 1 is 0.526 bits per heavy atom. The maximum atomic E-state index is 11.8. The van der Waals surface area contributed by atoms with Gasteiger partial charge in [0.25, 0.3) is 0 Å². The van der Waals surface area contributed by atoms with Crippen molar-refractivity contribution in [1.82, 2.24) is 0 Å². The molecule has 8 nitrogen and oxygen atoms in total. The molecule has 0 saturated heterocycles. The highest BCUT2D eigenvalue weighted by Crippen LogP contribution is 2.10. The third-order valence-corrected chi connectivity index (χ3v) is 5.86. The van der Waals surface area contributed by atoms with Crippen molar-refractivity contribution < 1.29 is 38.3 Å². The molecule has 0 aromatic heterocycles. The number of unbranched alkanes of at least 4 members (excludes halogenated alkanes) is 11. The molecule has 0 saturated carbocycles. The first kappa shape index (κ1) is 37.0. The van der Waals surface area contributed by atoms with Crippen LogP contribution >= 0.6 is 0 Å². The van der Waals surface area contributed by atoms with E-state index in [-0.39, 0.29) is 19.2 Å². The van der Waals surface area contributed by atoms with E-state index in [9.17, 15) is 4.79 Å². The number of ether oxygens (including phenoxy) is 6. The van der Waals surface area contributed by atoms with Crippen LogP contribution in [0.15, 0.2) is 12.2 Å². The predicted molar refractivity (Wildman–Crippen MR) is 152 cm³/mol. The van der Waals surface area contributed by atoms with E-state index in [0.29, 0.717) is 72.5 Å². The first-order valence-corrected chi connectivity index (χ1v) is 15.1. The maximum absolute atomic E-state index is 11.8. The number of aliphatic hydroxyl groups excluding tert-OH is 1. The van der Waals surface area contributed by atoms with Gasteiger partial charge in [0.2, 0.25) is 0 Å². The summed E-state index contributed by atoms with van der Waals surface area (Å²) in [6.07, 6.45) is 21.4. The molecule has 0 aliphatic carbocycles. The van der Waals surface area contributed by atoms with Crippen LogP contribution in [-0.2, 0) is 33.2 Å². The van der Waals surface area contributed by atoms with Crippen molar-refractivity contribution in [3.8, 4) is 0 Å². The van der Waals surface area contributed by atoms with Crippen molar-refractivity contribution in [2.45, 2.75) is 96.8 Å². The second-order valence-corrected chi connectivity index (χ2v) is 9.34. The average Bonchev–Trinajstić information content (AvgIpc) is 2.92. The lowest BCUT2D eigenvalue weighted by atomic mass is 10.1. The van der Waals surface area contributed by atoms with Crippen LogP contribution in [0.3, 0.4) is 0 Å². The van der Waals surface area contributed by atoms with E-state index in [1.807, 2.05) is 0 Å². The second kappa shape index (κ2) is 34.0. The fourth-order valence-electron chi connectivity index (χ4n) is 3.67. The molecule has 0 unspecified atom stereocenters. The van der Waals surface area contributed by atoms with Gasteiger partial charge in [-0.1, -0.05) is 70.4 Å². The minimum absolute atomic E-state index is 0.0277. The third kappa shape index (κ3) is 33.0. The van der Waals surface area contributed by atoms with Gasteiger partial charge in [-0.2, -0.15) is 0 Å². The second-order valence-electron chi connectivity index (χ2n) is 9.34. The molecule has 0 atom stereocenters. The Bertz CT molecular complexity index is 487. The Morgan fingerprint density at radius 3 is 1.39 bits per heavy atom. The van der Waals surface area contributed by atoms with Gasteiger partial charge in [0, 0.05) is 6.42 Å². The summed E-state index contributed by atoms with van der Waals surface area (Å²) in [5.41, 5.74) is 0. The number of aliphatic hydroxyl groups is 1. The molecule has 0 heterocycles. The summed E-state index contributed by atoms with van der Waals surface area (Å²) in [4.78, 5) is 11.8. The lowest BCUT2D eigenvalue weighted by molar-refractivity contribution is -0.145. The molecule has 0 amide bonds. The van der Waals surface area contributed by atoms with E-state index in [1.165, 1.54) is 70.6 Å². The van der Waals surface area contributed by atoms with E-state index in [4.69, 9.17) is 33.5 Å². The number of carbonyl (C=O) groups excluding carboxylic acids is 1. The van der Waals surface area contributed by atoms with Crippen LogP contribution in [0, 0.1) is 0 Å².